The first-order chi connectivity index (χ1) is 10.2. The van der Waals surface area contributed by atoms with Gasteiger partial charge in [0.05, 0.1) is 21.6 Å². The van der Waals surface area contributed by atoms with Crippen LogP contribution in [0.25, 0.3) is 0 Å². The molecule has 0 aliphatic rings. The molecule has 0 heterocycles. The molecular weight excluding hydrogens is 333 g/mol. The van der Waals surface area contributed by atoms with Crippen molar-refractivity contribution in [1.29, 1.82) is 0 Å². The summed E-state index contributed by atoms with van der Waals surface area (Å²) in [6.07, 6.45) is 0. The van der Waals surface area contributed by atoms with E-state index in [4.69, 9.17) is 11.6 Å². The van der Waals surface area contributed by atoms with Gasteiger partial charge in [-0.25, -0.2) is 12.8 Å². The zero-order valence-electron chi connectivity index (χ0n) is 11.3. The highest BCUT2D eigenvalue weighted by atomic mass is 35.5. The van der Waals surface area contributed by atoms with E-state index in [2.05, 4.69) is 4.72 Å². The molecule has 0 radical (unpaired) electrons. The highest BCUT2D eigenvalue weighted by Gasteiger charge is 2.19. The molecule has 116 valence electrons. The Hall–Kier alpha value is -2.12. The minimum Gasteiger partial charge on any atom is -0.545 e. The number of hydrogen-bond acceptors (Lipinski definition) is 4. The summed E-state index contributed by atoms with van der Waals surface area (Å²) in [6, 6.07) is 6.77. The zero-order chi connectivity index (χ0) is 16.5. The van der Waals surface area contributed by atoms with Gasteiger partial charge in [-0.05, 0) is 42.3 Å². The lowest BCUT2D eigenvalue weighted by Gasteiger charge is -2.13. The number of anilines is 1. The second-order valence-corrected chi connectivity index (χ2v) is 6.56. The molecule has 0 atom stereocenters. The zero-order valence-corrected chi connectivity index (χ0v) is 12.8. The molecule has 1 N–H and O–H groups in total. The van der Waals surface area contributed by atoms with Crippen molar-refractivity contribution < 1.29 is 22.7 Å². The summed E-state index contributed by atoms with van der Waals surface area (Å²) in [6.45, 7) is 1.51. The quantitative estimate of drug-likeness (QED) is 0.920. The number of benzene rings is 2. The third-order valence-electron chi connectivity index (χ3n) is 2.89. The first kappa shape index (κ1) is 16.3. The minimum absolute atomic E-state index is 0.0127. The molecule has 0 fully saturated rings. The van der Waals surface area contributed by atoms with Crippen LogP contribution in [0.5, 0.6) is 0 Å². The van der Waals surface area contributed by atoms with Gasteiger partial charge in [-0.3, -0.25) is 4.72 Å². The van der Waals surface area contributed by atoms with Crippen LogP contribution in [0.1, 0.15) is 15.9 Å². The van der Waals surface area contributed by atoms with Gasteiger partial charge < -0.3 is 9.90 Å². The van der Waals surface area contributed by atoms with Crippen LogP contribution in [0.4, 0.5) is 10.1 Å². The molecule has 0 spiro atoms. The molecule has 22 heavy (non-hydrogen) atoms. The fraction of sp³-hybridized carbons (Fsp3) is 0.0714. The van der Waals surface area contributed by atoms with Crippen LogP contribution in [0.3, 0.4) is 0 Å². The first-order valence-corrected chi connectivity index (χ1v) is 7.86. The van der Waals surface area contributed by atoms with Crippen molar-refractivity contribution in [2.75, 3.05) is 4.72 Å². The van der Waals surface area contributed by atoms with E-state index >= 15 is 0 Å². The molecule has 0 amide bonds. The van der Waals surface area contributed by atoms with Gasteiger partial charge >= 0.3 is 0 Å². The number of aromatic carboxylic acids is 1. The number of rotatable bonds is 4. The number of halogens is 2. The van der Waals surface area contributed by atoms with Crippen LogP contribution in [0.15, 0.2) is 41.3 Å². The largest absolute Gasteiger partial charge is 0.545 e. The molecule has 5 nitrogen and oxygen atoms in total. The van der Waals surface area contributed by atoms with Gasteiger partial charge in [-0.2, -0.15) is 0 Å². The predicted molar refractivity (Wildman–Crippen MR) is 77.7 cm³/mol. The van der Waals surface area contributed by atoms with E-state index in [9.17, 15) is 22.7 Å². The number of carbonyl (C=O) groups is 1. The number of carboxylic acid groups (broad SMARTS) is 1. The first-order valence-electron chi connectivity index (χ1n) is 6.00. The van der Waals surface area contributed by atoms with Crippen molar-refractivity contribution in [3.05, 3.63) is 58.4 Å². The standard InChI is InChI=1S/C14H11ClFNO4S/c1-8-2-3-9(14(18)19)6-13(8)22(20,21)17-12-5-4-10(16)7-11(12)15/h2-7,17H,1H3,(H,18,19)/p-1. The Bertz CT molecular complexity index is 852. The minimum atomic E-state index is -4.08. The van der Waals surface area contributed by atoms with Crippen LogP contribution in [0, 0.1) is 12.7 Å². The maximum Gasteiger partial charge on any atom is 0.262 e. The molecule has 0 aromatic heterocycles. The van der Waals surface area contributed by atoms with E-state index in [0.29, 0.717) is 5.56 Å². The molecule has 0 aliphatic heterocycles. The fourth-order valence-corrected chi connectivity index (χ4v) is 3.41. The van der Waals surface area contributed by atoms with Gasteiger partial charge in [-0.15, -0.1) is 0 Å². The molecule has 0 unspecified atom stereocenters. The Balaban J connectivity index is 2.46. The highest BCUT2D eigenvalue weighted by molar-refractivity contribution is 7.92. The van der Waals surface area contributed by atoms with Crippen LogP contribution in [-0.2, 0) is 10.0 Å². The Morgan fingerprint density at radius 2 is 1.91 bits per heavy atom. The molecular formula is C14H10ClFNO4S-. The second kappa shape index (κ2) is 5.94. The maximum atomic E-state index is 13.0. The number of nitrogens with one attached hydrogen (secondary N) is 1. The van der Waals surface area contributed by atoms with Gasteiger partial charge in [0.15, 0.2) is 0 Å². The second-order valence-electron chi connectivity index (χ2n) is 4.50. The van der Waals surface area contributed by atoms with Crippen molar-refractivity contribution in [3.8, 4) is 0 Å². The number of sulfonamides is 1. The lowest BCUT2D eigenvalue weighted by molar-refractivity contribution is -0.255. The number of carboxylic acids is 1. The fourth-order valence-electron chi connectivity index (χ4n) is 1.79. The van der Waals surface area contributed by atoms with Crippen molar-refractivity contribution >= 4 is 33.3 Å². The van der Waals surface area contributed by atoms with E-state index in [1.54, 1.807) is 0 Å². The lowest BCUT2D eigenvalue weighted by atomic mass is 10.1. The summed E-state index contributed by atoms with van der Waals surface area (Å²) < 4.78 is 39.9. The van der Waals surface area contributed by atoms with Gasteiger partial charge in [-0.1, -0.05) is 23.7 Å². The molecule has 8 heteroatoms. The third kappa shape index (κ3) is 3.37. The van der Waals surface area contributed by atoms with E-state index in [-0.39, 0.29) is 21.2 Å². The molecule has 2 aromatic carbocycles. The number of aryl methyl sites for hydroxylation is 1. The SMILES string of the molecule is Cc1ccc(C(=O)[O-])cc1S(=O)(=O)Nc1ccc(F)cc1Cl. The summed E-state index contributed by atoms with van der Waals surface area (Å²) in [5, 5.41) is 10.7. The molecule has 0 bridgehead atoms. The Kier molecular flexibility index (Phi) is 4.39. The van der Waals surface area contributed by atoms with Gasteiger partial charge in [0.1, 0.15) is 5.82 Å². The highest BCUT2D eigenvalue weighted by Crippen LogP contribution is 2.26. The average molecular weight is 343 g/mol. The summed E-state index contributed by atoms with van der Waals surface area (Å²) in [5.74, 6) is -2.10. The predicted octanol–water partition coefficient (Wildman–Crippen LogP) is 1.95. The Labute approximate surface area is 131 Å². The van der Waals surface area contributed by atoms with Crippen molar-refractivity contribution in [2.24, 2.45) is 0 Å². The third-order valence-corrected chi connectivity index (χ3v) is 4.71. The molecule has 2 aromatic rings. The van der Waals surface area contributed by atoms with E-state index < -0.39 is 21.8 Å². The van der Waals surface area contributed by atoms with Crippen LogP contribution in [-0.4, -0.2) is 14.4 Å². The number of carbonyl (C=O) groups excluding carboxylic acids is 1. The summed E-state index contributed by atoms with van der Waals surface area (Å²) in [7, 11) is -4.08. The normalized spacial score (nSPS) is 11.2. The van der Waals surface area contributed by atoms with Gasteiger partial charge in [0.2, 0.25) is 0 Å². The van der Waals surface area contributed by atoms with Crippen LogP contribution >= 0.6 is 11.6 Å². The lowest BCUT2D eigenvalue weighted by Crippen LogP contribution is -2.23. The molecule has 0 saturated carbocycles. The Morgan fingerprint density at radius 1 is 1.23 bits per heavy atom. The number of hydrogen-bond donors (Lipinski definition) is 1. The monoisotopic (exact) mass is 342 g/mol. The van der Waals surface area contributed by atoms with Crippen molar-refractivity contribution in [3.63, 3.8) is 0 Å². The van der Waals surface area contributed by atoms with E-state index in [0.717, 1.165) is 18.2 Å². The molecule has 2 rings (SSSR count). The molecule has 0 saturated heterocycles. The van der Waals surface area contributed by atoms with E-state index in [1.807, 2.05) is 0 Å². The maximum absolute atomic E-state index is 13.0. The summed E-state index contributed by atoms with van der Waals surface area (Å²) in [4.78, 5) is 10.6. The van der Waals surface area contributed by atoms with Crippen molar-refractivity contribution in [1.82, 2.24) is 0 Å². The topological polar surface area (TPSA) is 86.3 Å². The van der Waals surface area contributed by atoms with Crippen LogP contribution < -0.4 is 9.83 Å². The van der Waals surface area contributed by atoms with Crippen molar-refractivity contribution in [2.45, 2.75) is 11.8 Å². The molecule has 0 aliphatic carbocycles. The van der Waals surface area contributed by atoms with Gasteiger partial charge in [0, 0.05) is 0 Å². The summed E-state index contributed by atoms with van der Waals surface area (Å²) >= 11 is 5.77. The average Bonchev–Trinajstić information content (AvgIpc) is 2.42. The van der Waals surface area contributed by atoms with Crippen LogP contribution in [0.2, 0.25) is 5.02 Å². The smallest absolute Gasteiger partial charge is 0.262 e. The summed E-state index contributed by atoms with van der Waals surface area (Å²) in [5.41, 5.74) is 0.0632. The van der Waals surface area contributed by atoms with Gasteiger partial charge in [0.25, 0.3) is 10.0 Å². The Morgan fingerprint density at radius 3 is 2.50 bits per heavy atom. The van der Waals surface area contributed by atoms with E-state index in [1.165, 1.54) is 25.1 Å².